The van der Waals surface area contributed by atoms with Crippen LogP contribution in [0.25, 0.3) is 5.57 Å². The Morgan fingerprint density at radius 1 is 1.00 bits per heavy atom. The van der Waals surface area contributed by atoms with E-state index in [9.17, 15) is 9.59 Å². The minimum atomic E-state index is -0.0648. The Balaban J connectivity index is 0.000000679. The monoisotopic (exact) mass is 493 g/mol. The molecule has 8 heteroatoms. The van der Waals surface area contributed by atoms with Gasteiger partial charge in [-0.25, -0.2) is 0 Å². The van der Waals surface area contributed by atoms with Crippen molar-refractivity contribution in [3.8, 4) is 0 Å². The molecule has 0 unspecified atom stereocenters. The van der Waals surface area contributed by atoms with E-state index in [-0.39, 0.29) is 12.1 Å². The molecule has 0 fully saturated rings. The maximum Gasteiger partial charge on any atom is 0.209 e. The average Bonchev–Trinajstić information content (AvgIpc) is 2.77. The maximum absolute atomic E-state index is 12.7. The molecule has 0 saturated heterocycles. The van der Waals surface area contributed by atoms with E-state index in [4.69, 9.17) is 0 Å². The summed E-state index contributed by atoms with van der Waals surface area (Å²) in [6, 6.07) is 11.1. The number of ether oxygens (including phenoxy) is 2. The van der Waals surface area contributed by atoms with E-state index >= 15 is 0 Å². The van der Waals surface area contributed by atoms with E-state index in [1.54, 1.807) is 40.7 Å². The molecule has 1 aromatic carbocycles. The van der Waals surface area contributed by atoms with Gasteiger partial charge >= 0.3 is 0 Å². The van der Waals surface area contributed by atoms with Crippen molar-refractivity contribution < 1.29 is 19.1 Å². The first-order valence-corrected chi connectivity index (χ1v) is 10.2. The number of aromatic nitrogens is 1. The van der Waals surface area contributed by atoms with Crippen molar-refractivity contribution >= 4 is 33.7 Å². The highest BCUT2D eigenvalue weighted by Gasteiger charge is 2.15. The molecule has 1 heterocycles. The van der Waals surface area contributed by atoms with Crippen LogP contribution in [0, 0.1) is 0 Å². The van der Waals surface area contributed by atoms with Crippen molar-refractivity contribution in [3.05, 3.63) is 70.6 Å². The molecule has 0 aliphatic carbocycles. The summed E-state index contributed by atoms with van der Waals surface area (Å²) in [6.07, 6.45) is 5.89. The minimum absolute atomic E-state index is 0.00815. The third-order valence-corrected chi connectivity index (χ3v) is 4.08. The fourth-order valence-electron chi connectivity index (χ4n) is 1.94. The average molecular weight is 494 g/mol. The summed E-state index contributed by atoms with van der Waals surface area (Å²) in [6.45, 7) is 1.83. The number of hydrogen-bond acceptors (Lipinski definition) is 6. The zero-order valence-corrected chi connectivity index (χ0v) is 20.8. The number of Topliss-reactive ketones (excluding diaryl/α,β-unsaturated/α-hetero) is 1. The molecule has 0 spiro atoms. The zero-order valence-electron chi connectivity index (χ0n) is 19.2. The van der Waals surface area contributed by atoms with E-state index in [1.807, 2.05) is 68.5 Å². The van der Waals surface area contributed by atoms with Gasteiger partial charge in [0.1, 0.15) is 0 Å². The van der Waals surface area contributed by atoms with Gasteiger partial charge in [-0.2, -0.15) is 0 Å². The predicted molar refractivity (Wildman–Crippen MR) is 128 cm³/mol. The Morgan fingerprint density at radius 3 is 1.94 bits per heavy atom. The number of nitrogens with zero attached hydrogens (tertiary/aromatic N) is 3. The number of halogens is 1. The molecule has 0 N–H and O–H groups in total. The Morgan fingerprint density at radius 2 is 1.55 bits per heavy atom. The van der Waals surface area contributed by atoms with Crippen molar-refractivity contribution in [1.29, 1.82) is 0 Å². The number of carbonyl (C=O) groups excluding carboxylic acids is 2. The van der Waals surface area contributed by atoms with Crippen LogP contribution in [0.15, 0.2) is 59.5 Å². The molecule has 2 aromatic rings. The van der Waals surface area contributed by atoms with Crippen LogP contribution in [0.2, 0.25) is 0 Å². The van der Waals surface area contributed by atoms with E-state index in [0.29, 0.717) is 11.1 Å². The molecular formula is C23H32BrN3O4. The maximum atomic E-state index is 12.7. The van der Waals surface area contributed by atoms with Gasteiger partial charge in [0.15, 0.2) is 12.1 Å². The van der Waals surface area contributed by atoms with Crippen LogP contribution in [0.1, 0.15) is 22.8 Å². The second-order valence-corrected chi connectivity index (χ2v) is 7.61. The molecule has 0 aliphatic rings. The van der Waals surface area contributed by atoms with Crippen LogP contribution in [-0.2, 0) is 14.3 Å². The van der Waals surface area contributed by atoms with E-state index in [1.165, 1.54) is 4.90 Å². The highest BCUT2D eigenvalue weighted by molar-refractivity contribution is 9.10. The molecule has 1 aromatic heterocycles. The summed E-state index contributed by atoms with van der Waals surface area (Å²) in [5, 5.41) is 0. The Hall–Kier alpha value is -2.55. The van der Waals surface area contributed by atoms with Gasteiger partial charge in [0.25, 0.3) is 0 Å². The second kappa shape index (κ2) is 16.2. The molecular weight excluding hydrogens is 462 g/mol. The number of hydrogen-bond donors (Lipinski definition) is 0. The first kappa shape index (κ1) is 28.5. The number of allylic oxidation sites excluding steroid dienone is 1. The minimum Gasteiger partial charge on any atom is -0.383 e. The number of rotatable bonds is 7. The third-order valence-electron chi connectivity index (χ3n) is 3.58. The Labute approximate surface area is 193 Å². The Bertz CT molecular complexity index is 807. The molecule has 170 valence electrons. The summed E-state index contributed by atoms with van der Waals surface area (Å²) < 4.78 is 10.2. The lowest BCUT2D eigenvalue weighted by molar-refractivity contribution is -0.115. The molecule has 0 atom stereocenters. The summed E-state index contributed by atoms with van der Waals surface area (Å²) >= 11 is 3.39. The number of ketones is 1. The first-order valence-electron chi connectivity index (χ1n) is 9.42. The van der Waals surface area contributed by atoms with Gasteiger partial charge in [-0.3, -0.25) is 14.6 Å². The van der Waals surface area contributed by atoms with Gasteiger partial charge in [-0.1, -0.05) is 28.1 Å². The van der Waals surface area contributed by atoms with Gasteiger partial charge in [0.2, 0.25) is 6.41 Å². The molecule has 31 heavy (non-hydrogen) atoms. The highest BCUT2D eigenvalue weighted by atomic mass is 79.9. The number of benzene rings is 1. The normalized spacial score (nSPS) is 10.3. The first-order chi connectivity index (χ1) is 14.7. The fourth-order valence-corrected chi connectivity index (χ4v) is 2.33. The van der Waals surface area contributed by atoms with Crippen molar-refractivity contribution in [2.24, 2.45) is 0 Å². The molecule has 1 amide bonds. The molecule has 0 aliphatic heterocycles. The highest BCUT2D eigenvalue weighted by Crippen LogP contribution is 2.21. The Kier molecular flexibility index (Phi) is 14.9. The number of carbonyl (C=O) groups is 2. The smallest absolute Gasteiger partial charge is 0.209 e. The molecule has 2 rings (SSSR count). The van der Waals surface area contributed by atoms with Crippen LogP contribution in [0.3, 0.4) is 0 Å². The lowest BCUT2D eigenvalue weighted by Gasteiger charge is -2.12. The van der Waals surface area contributed by atoms with Crippen molar-refractivity contribution in [3.63, 3.8) is 0 Å². The van der Waals surface area contributed by atoms with Crippen molar-refractivity contribution in [1.82, 2.24) is 14.8 Å². The van der Waals surface area contributed by atoms with Gasteiger partial charge in [0, 0.05) is 76.6 Å². The summed E-state index contributed by atoms with van der Waals surface area (Å²) in [5.74, 6) is -0.00815. The lowest BCUT2D eigenvalue weighted by atomic mass is 9.98. The van der Waals surface area contributed by atoms with Gasteiger partial charge in [-0.15, -0.1) is 0 Å². The fraction of sp³-hybridized carbons (Fsp3) is 0.348. The summed E-state index contributed by atoms with van der Waals surface area (Å²) in [7, 11) is 10.4. The van der Waals surface area contributed by atoms with E-state index in [0.717, 1.165) is 16.4 Å². The molecule has 0 bridgehead atoms. The van der Waals surface area contributed by atoms with Crippen LogP contribution < -0.4 is 0 Å². The third kappa shape index (κ3) is 12.7. The van der Waals surface area contributed by atoms with Crippen LogP contribution in [-0.4, -0.2) is 75.7 Å². The van der Waals surface area contributed by atoms with Crippen LogP contribution in [0.5, 0.6) is 0 Å². The van der Waals surface area contributed by atoms with Gasteiger partial charge < -0.3 is 19.3 Å². The summed E-state index contributed by atoms with van der Waals surface area (Å²) in [4.78, 5) is 29.4. The number of pyridine rings is 1. The predicted octanol–water partition coefficient (Wildman–Crippen LogP) is 3.96. The molecule has 0 saturated carbocycles. The van der Waals surface area contributed by atoms with Gasteiger partial charge in [0.05, 0.1) is 0 Å². The number of amides is 1. The van der Waals surface area contributed by atoms with Crippen LogP contribution >= 0.6 is 15.9 Å². The second-order valence-electron chi connectivity index (χ2n) is 6.69. The molecule has 7 nitrogen and oxygen atoms in total. The van der Waals surface area contributed by atoms with Crippen molar-refractivity contribution in [2.45, 2.75) is 13.2 Å². The molecule has 0 radical (unpaired) electrons. The lowest BCUT2D eigenvalue weighted by Crippen LogP contribution is -2.09. The largest absolute Gasteiger partial charge is 0.383 e. The van der Waals surface area contributed by atoms with Crippen molar-refractivity contribution in [2.75, 3.05) is 42.4 Å². The SMILES string of the molecule is CN(C)/C=C(/C(=O)c1cccc(Br)c1)c1ccncc1.CN(C)C=O.COC(C)OC. The van der Waals surface area contributed by atoms with E-state index < -0.39 is 0 Å². The van der Waals surface area contributed by atoms with E-state index in [2.05, 4.69) is 30.4 Å². The topological polar surface area (TPSA) is 72.0 Å². The van der Waals surface area contributed by atoms with Crippen LogP contribution in [0.4, 0.5) is 0 Å². The summed E-state index contributed by atoms with van der Waals surface area (Å²) in [5.41, 5.74) is 2.17. The zero-order chi connectivity index (χ0) is 23.8. The standard InChI is InChI=1S/C16H15BrN2O.C4H10O2.C3H7NO/c1-19(2)11-15(12-6-8-18-9-7-12)16(20)13-4-3-5-14(17)10-13;1-4(5-2)6-3;1-4(2)3-5/h3-11H,1-2H3;4H,1-3H3;3H,1-2H3/b15-11+;;. The quantitative estimate of drug-likeness (QED) is 0.251. The van der Waals surface area contributed by atoms with Gasteiger partial charge in [-0.05, 0) is 36.8 Å². The number of methoxy groups -OCH3 is 2.